The van der Waals surface area contributed by atoms with E-state index in [4.69, 9.17) is 4.98 Å². The molecule has 3 rings (SSSR count). The lowest BCUT2D eigenvalue weighted by atomic mass is 9.97. The minimum Gasteiger partial charge on any atom is -0.341 e. The number of aromatic nitrogens is 2. The van der Waals surface area contributed by atoms with Gasteiger partial charge in [0.2, 0.25) is 5.91 Å². The fraction of sp³-hybridized carbons (Fsp3) is 0.579. The molecule has 8 nitrogen and oxygen atoms in total. The van der Waals surface area contributed by atoms with Gasteiger partial charge in [-0.15, -0.1) is 11.3 Å². The van der Waals surface area contributed by atoms with Gasteiger partial charge in [-0.2, -0.15) is 0 Å². The van der Waals surface area contributed by atoms with E-state index in [0.717, 1.165) is 48.9 Å². The molecule has 0 radical (unpaired) electrons. The Morgan fingerprint density at radius 3 is 2.76 bits per heavy atom. The number of rotatable bonds is 7. The molecule has 0 atom stereocenters. The Morgan fingerprint density at radius 2 is 2.03 bits per heavy atom. The van der Waals surface area contributed by atoms with E-state index in [2.05, 4.69) is 15.5 Å². The summed E-state index contributed by atoms with van der Waals surface area (Å²) < 4.78 is 1.70. The van der Waals surface area contributed by atoms with Crippen molar-refractivity contribution in [1.29, 1.82) is 0 Å². The van der Waals surface area contributed by atoms with Crippen molar-refractivity contribution in [3.8, 4) is 0 Å². The average molecular weight is 438 g/mol. The fourth-order valence-electron chi connectivity index (χ4n) is 3.43. The number of thiophene rings is 1. The number of amides is 3. The number of hydrogen-bond donors (Lipinski definition) is 2. The Balaban J connectivity index is 1.92. The summed E-state index contributed by atoms with van der Waals surface area (Å²) in [7, 11) is 5.45. The molecule has 2 aromatic rings. The van der Waals surface area contributed by atoms with Gasteiger partial charge in [-0.1, -0.05) is 11.8 Å². The highest BCUT2D eigenvalue weighted by molar-refractivity contribution is 7.99. The zero-order chi connectivity index (χ0) is 21.0. The van der Waals surface area contributed by atoms with Crippen LogP contribution in [0.3, 0.4) is 0 Å². The van der Waals surface area contributed by atoms with Gasteiger partial charge in [0.15, 0.2) is 5.16 Å². The van der Waals surface area contributed by atoms with E-state index < -0.39 is 11.9 Å². The highest BCUT2D eigenvalue weighted by Gasteiger charge is 2.22. The molecule has 0 fully saturated rings. The standard InChI is InChI=1S/C19H27N5O3S2/c1-20-18(27)21-14(25)11-28-19-22-16-15(12-7-4-5-8-13(12)29-16)17(26)24(19)10-6-9-23(2)3/h4-11H2,1-3H3,(H2,20,21,25,27). The number of nitrogens with zero attached hydrogens (tertiary/aromatic N) is 3. The Hall–Kier alpha value is -1.91. The third-order valence-corrected chi connectivity index (χ3v) is 7.00. The molecule has 10 heteroatoms. The van der Waals surface area contributed by atoms with Crippen LogP contribution in [0, 0.1) is 0 Å². The lowest BCUT2D eigenvalue weighted by Gasteiger charge is -2.15. The smallest absolute Gasteiger partial charge is 0.321 e. The molecule has 0 saturated carbocycles. The quantitative estimate of drug-likeness (QED) is 0.507. The number of imide groups is 1. The van der Waals surface area contributed by atoms with Crippen LogP contribution in [0.4, 0.5) is 4.79 Å². The van der Waals surface area contributed by atoms with Crippen molar-refractivity contribution in [1.82, 2.24) is 25.1 Å². The second kappa shape index (κ2) is 9.73. The number of hydrogen-bond acceptors (Lipinski definition) is 7. The first-order chi connectivity index (χ1) is 13.9. The molecule has 0 saturated heterocycles. The number of fused-ring (bicyclic) bond motifs is 3. The summed E-state index contributed by atoms with van der Waals surface area (Å²) in [5, 5.41) is 5.88. The number of urea groups is 1. The monoisotopic (exact) mass is 437 g/mol. The Kier molecular flexibility index (Phi) is 7.31. The molecule has 158 valence electrons. The van der Waals surface area contributed by atoms with E-state index in [-0.39, 0.29) is 11.3 Å². The molecule has 0 aromatic carbocycles. The van der Waals surface area contributed by atoms with Gasteiger partial charge in [0.25, 0.3) is 5.56 Å². The van der Waals surface area contributed by atoms with Gasteiger partial charge in [0.05, 0.1) is 11.1 Å². The second-order valence-electron chi connectivity index (χ2n) is 7.32. The molecular formula is C19H27N5O3S2. The van der Waals surface area contributed by atoms with Gasteiger partial charge in [-0.3, -0.25) is 19.5 Å². The molecule has 0 aliphatic heterocycles. The van der Waals surface area contributed by atoms with Crippen LogP contribution < -0.4 is 16.2 Å². The van der Waals surface area contributed by atoms with Crippen molar-refractivity contribution in [3.63, 3.8) is 0 Å². The number of carbonyl (C=O) groups is 2. The first-order valence-corrected chi connectivity index (χ1v) is 11.5. The predicted octanol–water partition coefficient (Wildman–Crippen LogP) is 1.84. The zero-order valence-corrected chi connectivity index (χ0v) is 18.7. The van der Waals surface area contributed by atoms with Crippen LogP contribution in [0.1, 0.15) is 29.7 Å². The first-order valence-electron chi connectivity index (χ1n) is 9.75. The second-order valence-corrected chi connectivity index (χ2v) is 9.34. The SMILES string of the molecule is CNC(=O)NC(=O)CSc1nc2sc3c(c2c(=O)n1CCCN(C)C)CCCC3. The van der Waals surface area contributed by atoms with Crippen LogP contribution in [0.25, 0.3) is 10.2 Å². The molecule has 2 aromatic heterocycles. The van der Waals surface area contributed by atoms with Crippen molar-refractivity contribution in [2.45, 2.75) is 43.8 Å². The van der Waals surface area contributed by atoms with Gasteiger partial charge in [-0.25, -0.2) is 9.78 Å². The largest absolute Gasteiger partial charge is 0.341 e. The van der Waals surface area contributed by atoms with Crippen molar-refractivity contribution < 1.29 is 9.59 Å². The number of aryl methyl sites for hydroxylation is 2. The van der Waals surface area contributed by atoms with Gasteiger partial charge in [0, 0.05) is 18.5 Å². The summed E-state index contributed by atoms with van der Waals surface area (Å²) in [5.41, 5.74) is 1.16. The average Bonchev–Trinajstić information content (AvgIpc) is 3.06. The summed E-state index contributed by atoms with van der Waals surface area (Å²) in [4.78, 5) is 45.6. The predicted molar refractivity (Wildman–Crippen MR) is 117 cm³/mol. The lowest BCUT2D eigenvalue weighted by molar-refractivity contribution is -0.117. The van der Waals surface area contributed by atoms with E-state index in [1.54, 1.807) is 15.9 Å². The van der Waals surface area contributed by atoms with Crippen LogP contribution in [0.2, 0.25) is 0 Å². The Labute approximate surface area is 178 Å². The van der Waals surface area contributed by atoms with Crippen LogP contribution in [0.5, 0.6) is 0 Å². The number of thioether (sulfide) groups is 1. The summed E-state index contributed by atoms with van der Waals surface area (Å²) >= 11 is 2.80. The topological polar surface area (TPSA) is 96.3 Å². The minimum absolute atomic E-state index is 0.0117. The molecule has 0 unspecified atom stereocenters. The van der Waals surface area contributed by atoms with Crippen molar-refractivity contribution in [2.24, 2.45) is 0 Å². The van der Waals surface area contributed by atoms with E-state index in [1.165, 1.54) is 29.3 Å². The third-order valence-electron chi connectivity index (χ3n) is 4.84. The molecule has 1 aliphatic rings. The van der Waals surface area contributed by atoms with E-state index in [9.17, 15) is 14.4 Å². The molecule has 3 amide bonds. The highest BCUT2D eigenvalue weighted by Crippen LogP contribution is 2.34. The van der Waals surface area contributed by atoms with Crippen LogP contribution >= 0.6 is 23.1 Å². The lowest BCUT2D eigenvalue weighted by Crippen LogP contribution is -2.38. The minimum atomic E-state index is -0.548. The number of nitrogens with one attached hydrogen (secondary N) is 2. The Morgan fingerprint density at radius 1 is 1.28 bits per heavy atom. The maximum atomic E-state index is 13.4. The summed E-state index contributed by atoms with van der Waals surface area (Å²) in [6.45, 7) is 1.40. The summed E-state index contributed by atoms with van der Waals surface area (Å²) in [5.74, 6) is -0.404. The van der Waals surface area contributed by atoms with Crippen molar-refractivity contribution >= 4 is 45.3 Å². The van der Waals surface area contributed by atoms with Gasteiger partial charge in [-0.05, 0) is 58.3 Å². The van der Waals surface area contributed by atoms with Gasteiger partial charge < -0.3 is 10.2 Å². The molecule has 0 bridgehead atoms. The molecule has 29 heavy (non-hydrogen) atoms. The maximum absolute atomic E-state index is 13.4. The third kappa shape index (κ3) is 5.18. The van der Waals surface area contributed by atoms with Crippen LogP contribution in [0.15, 0.2) is 9.95 Å². The summed E-state index contributed by atoms with van der Waals surface area (Å²) in [6, 6.07) is -0.548. The van der Waals surface area contributed by atoms with E-state index in [1.807, 2.05) is 14.1 Å². The molecule has 2 N–H and O–H groups in total. The van der Waals surface area contributed by atoms with Crippen LogP contribution in [-0.2, 0) is 24.2 Å². The molecule has 1 aliphatic carbocycles. The zero-order valence-electron chi connectivity index (χ0n) is 17.0. The summed E-state index contributed by atoms with van der Waals surface area (Å²) in [6.07, 6.45) is 5.01. The highest BCUT2D eigenvalue weighted by atomic mass is 32.2. The number of carbonyl (C=O) groups excluding carboxylic acids is 2. The van der Waals surface area contributed by atoms with E-state index in [0.29, 0.717) is 11.7 Å². The molecule has 2 heterocycles. The Bertz CT molecular complexity index is 967. The van der Waals surface area contributed by atoms with Crippen molar-refractivity contribution in [2.75, 3.05) is 33.4 Å². The fourth-order valence-corrected chi connectivity index (χ4v) is 5.56. The van der Waals surface area contributed by atoms with Gasteiger partial charge >= 0.3 is 6.03 Å². The normalized spacial score (nSPS) is 13.5. The maximum Gasteiger partial charge on any atom is 0.321 e. The molecular weight excluding hydrogens is 410 g/mol. The van der Waals surface area contributed by atoms with Gasteiger partial charge in [0.1, 0.15) is 4.83 Å². The first kappa shape index (κ1) is 21.8. The van der Waals surface area contributed by atoms with Crippen molar-refractivity contribution in [3.05, 3.63) is 20.8 Å². The molecule has 0 spiro atoms. The van der Waals surface area contributed by atoms with Crippen LogP contribution in [-0.4, -0.2) is 59.8 Å². The van der Waals surface area contributed by atoms with E-state index >= 15 is 0 Å².